The van der Waals surface area contributed by atoms with E-state index >= 15 is 0 Å². The van der Waals surface area contributed by atoms with E-state index in [0.717, 1.165) is 16.5 Å². The molecule has 29 heavy (non-hydrogen) atoms. The fourth-order valence-corrected chi connectivity index (χ4v) is 3.89. The third-order valence-electron chi connectivity index (χ3n) is 4.97. The van der Waals surface area contributed by atoms with Gasteiger partial charge in [0.2, 0.25) is 0 Å². The van der Waals surface area contributed by atoms with Crippen molar-refractivity contribution < 1.29 is 19.1 Å². The molecule has 0 aliphatic carbocycles. The van der Waals surface area contributed by atoms with Gasteiger partial charge >= 0.3 is 0 Å². The van der Waals surface area contributed by atoms with Crippen LogP contribution in [-0.2, 0) is 16.0 Å². The predicted octanol–water partition coefficient (Wildman–Crippen LogP) is 3.90. The van der Waals surface area contributed by atoms with Crippen LogP contribution < -0.4 is 5.32 Å². The number of aromatic nitrogens is 1. The second kappa shape index (κ2) is 8.37. The van der Waals surface area contributed by atoms with Crippen LogP contribution in [0.5, 0.6) is 0 Å². The Morgan fingerprint density at radius 3 is 2.52 bits per heavy atom. The molecule has 0 saturated carbocycles. The van der Waals surface area contributed by atoms with Gasteiger partial charge in [-0.25, -0.2) is 0 Å². The van der Waals surface area contributed by atoms with Crippen LogP contribution in [0, 0.1) is 0 Å². The molecule has 2 heterocycles. The van der Waals surface area contributed by atoms with Gasteiger partial charge in [-0.3, -0.25) is 14.9 Å². The molecule has 1 aliphatic heterocycles. The number of imide groups is 1. The number of hydrogen-bond acceptors (Lipinski definition) is 4. The van der Waals surface area contributed by atoms with Crippen molar-refractivity contribution in [3.63, 3.8) is 0 Å². The van der Waals surface area contributed by atoms with Crippen molar-refractivity contribution in [1.82, 2.24) is 9.88 Å². The van der Waals surface area contributed by atoms with E-state index in [-0.39, 0.29) is 5.91 Å². The summed E-state index contributed by atoms with van der Waals surface area (Å²) in [5, 5.41) is 3.69. The molecule has 0 fully saturated rings. The molecule has 0 bridgehead atoms. The van der Waals surface area contributed by atoms with Gasteiger partial charge in [-0.1, -0.05) is 29.8 Å². The second-order valence-electron chi connectivity index (χ2n) is 6.69. The van der Waals surface area contributed by atoms with E-state index in [4.69, 9.17) is 21.1 Å². The summed E-state index contributed by atoms with van der Waals surface area (Å²) in [6, 6.07) is 11.1. The molecule has 0 atom stereocenters. The standard InChI is InChI=1S/C22H21ClN2O4/c1-2-28-11-12-29-10-9-25-8-7-15-18(25)13-16(14-5-3-4-6-17(14)23)20-19(15)21(26)24-22(20)27/h3-8,13H,2,9-12H2,1H3,(H,24,26,27). The Balaban J connectivity index is 1.74. The number of ether oxygens (including phenoxy) is 2. The van der Waals surface area contributed by atoms with E-state index in [1.807, 2.05) is 48.0 Å². The van der Waals surface area contributed by atoms with Crippen LogP contribution in [0.4, 0.5) is 0 Å². The fourth-order valence-electron chi connectivity index (χ4n) is 3.65. The summed E-state index contributed by atoms with van der Waals surface area (Å²) >= 11 is 6.40. The molecule has 6 nitrogen and oxygen atoms in total. The number of benzene rings is 2. The minimum atomic E-state index is -0.395. The Morgan fingerprint density at radius 2 is 1.72 bits per heavy atom. The lowest BCUT2D eigenvalue weighted by molar-refractivity contribution is 0.0500. The van der Waals surface area contributed by atoms with E-state index in [0.29, 0.717) is 54.7 Å². The van der Waals surface area contributed by atoms with Gasteiger partial charge < -0.3 is 14.0 Å². The van der Waals surface area contributed by atoms with E-state index < -0.39 is 5.91 Å². The molecule has 7 heteroatoms. The summed E-state index contributed by atoms with van der Waals surface area (Å²) < 4.78 is 12.9. The third-order valence-corrected chi connectivity index (χ3v) is 5.30. The van der Waals surface area contributed by atoms with Crippen molar-refractivity contribution in [1.29, 1.82) is 0 Å². The van der Waals surface area contributed by atoms with Gasteiger partial charge in [0.15, 0.2) is 0 Å². The summed E-state index contributed by atoms with van der Waals surface area (Å²) in [5.74, 6) is -0.775. The molecule has 1 aromatic heterocycles. The van der Waals surface area contributed by atoms with Crippen LogP contribution >= 0.6 is 11.6 Å². The number of fused-ring (bicyclic) bond motifs is 3. The molecular formula is C22H21ClN2O4. The number of halogens is 1. The van der Waals surface area contributed by atoms with Crippen molar-refractivity contribution in [3.05, 3.63) is 58.7 Å². The maximum absolute atomic E-state index is 12.5. The van der Waals surface area contributed by atoms with Crippen molar-refractivity contribution in [2.45, 2.75) is 13.5 Å². The minimum absolute atomic E-state index is 0.376. The molecule has 0 saturated heterocycles. The van der Waals surface area contributed by atoms with Crippen LogP contribution in [0.2, 0.25) is 5.02 Å². The van der Waals surface area contributed by atoms with Gasteiger partial charge in [0.1, 0.15) is 0 Å². The van der Waals surface area contributed by atoms with Gasteiger partial charge in [-0.05, 0) is 30.7 Å². The van der Waals surface area contributed by atoms with E-state index in [1.165, 1.54) is 0 Å². The maximum atomic E-state index is 12.5. The average molecular weight is 413 g/mol. The number of carbonyl (C=O) groups excluding carboxylic acids is 2. The Morgan fingerprint density at radius 1 is 0.966 bits per heavy atom. The molecule has 3 aromatic rings. The van der Waals surface area contributed by atoms with E-state index in [2.05, 4.69) is 5.32 Å². The highest BCUT2D eigenvalue weighted by atomic mass is 35.5. The van der Waals surface area contributed by atoms with Gasteiger partial charge in [0, 0.05) is 40.8 Å². The first-order valence-electron chi connectivity index (χ1n) is 9.53. The number of nitrogens with zero attached hydrogens (tertiary/aromatic N) is 1. The van der Waals surface area contributed by atoms with Gasteiger partial charge in [0.05, 0.1) is 30.9 Å². The van der Waals surface area contributed by atoms with Gasteiger partial charge in [-0.15, -0.1) is 0 Å². The van der Waals surface area contributed by atoms with E-state index in [1.54, 1.807) is 6.07 Å². The van der Waals surface area contributed by atoms with Crippen molar-refractivity contribution in [3.8, 4) is 11.1 Å². The molecular weight excluding hydrogens is 392 g/mol. The Labute approximate surface area is 173 Å². The van der Waals surface area contributed by atoms with Gasteiger partial charge in [0.25, 0.3) is 11.8 Å². The second-order valence-corrected chi connectivity index (χ2v) is 7.10. The number of amides is 2. The third kappa shape index (κ3) is 3.67. The van der Waals surface area contributed by atoms with Crippen LogP contribution in [0.25, 0.3) is 22.0 Å². The zero-order valence-corrected chi connectivity index (χ0v) is 16.8. The zero-order chi connectivity index (χ0) is 20.4. The fraction of sp³-hybridized carbons (Fsp3) is 0.273. The number of rotatable bonds is 8. The SMILES string of the molecule is CCOCCOCCn1ccc2c3c(c(-c4ccccc4Cl)cc21)C(=O)NC3=O. The Bertz CT molecular complexity index is 1090. The van der Waals surface area contributed by atoms with Crippen molar-refractivity contribution >= 4 is 34.3 Å². The topological polar surface area (TPSA) is 69.6 Å². The smallest absolute Gasteiger partial charge is 0.259 e. The molecule has 150 valence electrons. The Hall–Kier alpha value is -2.67. The molecule has 0 radical (unpaired) electrons. The molecule has 0 spiro atoms. The summed E-state index contributed by atoms with van der Waals surface area (Å²) in [4.78, 5) is 25.0. The first-order valence-corrected chi connectivity index (χ1v) is 9.91. The highest BCUT2D eigenvalue weighted by molar-refractivity contribution is 6.35. The summed E-state index contributed by atoms with van der Waals surface area (Å²) in [5.41, 5.74) is 3.01. The lowest BCUT2D eigenvalue weighted by Crippen LogP contribution is -2.20. The molecule has 2 amide bonds. The number of carbonyl (C=O) groups is 2. The monoisotopic (exact) mass is 412 g/mol. The summed E-state index contributed by atoms with van der Waals surface area (Å²) in [7, 11) is 0. The molecule has 1 N–H and O–H groups in total. The normalized spacial score (nSPS) is 13.2. The number of nitrogens with one attached hydrogen (secondary N) is 1. The molecule has 2 aromatic carbocycles. The van der Waals surface area contributed by atoms with Crippen LogP contribution in [0.15, 0.2) is 42.6 Å². The minimum Gasteiger partial charge on any atom is -0.379 e. The highest BCUT2D eigenvalue weighted by Gasteiger charge is 2.33. The summed E-state index contributed by atoms with van der Waals surface area (Å²) in [6.07, 6.45) is 1.91. The summed E-state index contributed by atoms with van der Waals surface area (Å²) in [6.45, 7) is 4.84. The lowest BCUT2D eigenvalue weighted by atomic mass is 9.94. The predicted molar refractivity (Wildman–Crippen MR) is 111 cm³/mol. The van der Waals surface area contributed by atoms with Crippen molar-refractivity contribution in [2.24, 2.45) is 0 Å². The molecule has 4 rings (SSSR count). The molecule has 1 aliphatic rings. The first kappa shape index (κ1) is 19.6. The highest BCUT2D eigenvalue weighted by Crippen LogP contribution is 2.38. The van der Waals surface area contributed by atoms with Crippen LogP contribution in [0.3, 0.4) is 0 Å². The van der Waals surface area contributed by atoms with Crippen LogP contribution in [0.1, 0.15) is 27.6 Å². The Kier molecular flexibility index (Phi) is 5.67. The van der Waals surface area contributed by atoms with E-state index in [9.17, 15) is 9.59 Å². The number of hydrogen-bond donors (Lipinski definition) is 1. The van der Waals surface area contributed by atoms with Crippen molar-refractivity contribution in [2.75, 3.05) is 26.4 Å². The largest absolute Gasteiger partial charge is 0.379 e. The zero-order valence-electron chi connectivity index (χ0n) is 16.0. The molecule has 0 unspecified atom stereocenters. The maximum Gasteiger partial charge on any atom is 0.259 e. The lowest BCUT2D eigenvalue weighted by Gasteiger charge is -2.12. The van der Waals surface area contributed by atoms with Crippen LogP contribution in [-0.4, -0.2) is 42.8 Å². The quantitative estimate of drug-likeness (QED) is 0.450. The first-order chi connectivity index (χ1) is 14.1. The van der Waals surface area contributed by atoms with Gasteiger partial charge in [-0.2, -0.15) is 0 Å². The average Bonchev–Trinajstić information content (AvgIpc) is 3.25.